The zero-order valence-electron chi connectivity index (χ0n) is 20.0. The zero-order valence-corrected chi connectivity index (χ0v) is 21.6. The van der Waals surface area contributed by atoms with E-state index in [-0.39, 0.29) is 0 Å². The summed E-state index contributed by atoms with van der Waals surface area (Å²) in [6, 6.07) is 15.7. The molecule has 0 unspecified atom stereocenters. The van der Waals surface area contributed by atoms with E-state index in [1.807, 2.05) is 18.6 Å². The van der Waals surface area contributed by atoms with Crippen LogP contribution in [0.1, 0.15) is 29.7 Å². The summed E-state index contributed by atoms with van der Waals surface area (Å²) in [6.45, 7) is 6.08. The van der Waals surface area contributed by atoms with Crippen molar-refractivity contribution in [2.45, 2.75) is 38.8 Å². The summed E-state index contributed by atoms with van der Waals surface area (Å²) in [4.78, 5) is 16.2. The number of hydrogen-bond acceptors (Lipinski definition) is 5. The summed E-state index contributed by atoms with van der Waals surface area (Å²) >= 11 is 3.71. The highest BCUT2D eigenvalue weighted by Crippen LogP contribution is 2.31. The number of hydrogen-bond donors (Lipinski definition) is 0. The number of rotatable bonds is 6. The van der Waals surface area contributed by atoms with Gasteiger partial charge in [0.15, 0.2) is 0 Å². The molecule has 0 bridgehead atoms. The van der Waals surface area contributed by atoms with E-state index >= 15 is 0 Å². The molecule has 2 aliphatic rings. The van der Waals surface area contributed by atoms with Crippen LogP contribution < -0.4 is 9.80 Å². The van der Waals surface area contributed by atoms with Crippen LogP contribution in [0.25, 0.3) is 0 Å². The number of fused-ring (bicyclic) bond motifs is 1. The molecule has 4 heterocycles. The summed E-state index contributed by atoms with van der Waals surface area (Å²) in [5.41, 5.74) is 7.84. The van der Waals surface area contributed by atoms with Crippen molar-refractivity contribution in [3.05, 3.63) is 94.1 Å². The molecule has 0 aliphatic carbocycles. The van der Waals surface area contributed by atoms with Gasteiger partial charge in [0.05, 0.1) is 10.2 Å². The van der Waals surface area contributed by atoms with Gasteiger partial charge in [0.2, 0.25) is 0 Å². The van der Waals surface area contributed by atoms with Crippen LogP contribution >= 0.6 is 15.9 Å². The Morgan fingerprint density at radius 2 is 1.97 bits per heavy atom. The largest absolute Gasteiger partial charge is 0.369 e. The predicted octanol–water partition coefficient (Wildman–Crippen LogP) is 5.59. The molecule has 1 atom stereocenters. The van der Waals surface area contributed by atoms with Gasteiger partial charge in [0.1, 0.15) is 0 Å². The predicted molar refractivity (Wildman–Crippen MR) is 143 cm³/mol. The number of benzene rings is 1. The summed E-state index contributed by atoms with van der Waals surface area (Å²) in [7, 11) is 2.16. The van der Waals surface area contributed by atoms with E-state index in [2.05, 4.69) is 103 Å². The Balaban J connectivity index is 1.40. The minimum atomic E-state index is 0.477. The Morgan fingerprint density at radius 1 is 1.09 bits per heavy atom. The standard InChI is InChI=1S/C28H32BrN5/c1-21-14-22(9-12-31-21)18-34(19-23-15-24-6-3-4-8-27(24)32(2)17-23)25-7-5-13-33(20-25)28-10-11-30-16-26(28)29/h3-4,6,8-12,14,16-17,25H,5,7,13,15,18-20H2,1-2H3/t25-/m0/s1. The first-order chi connectivity index (χ1) is 16.6. The first-order valence-electron chi connectivity index (χ1n) is 12.1. The Bertz CT molecular complexity index is 1180. The maximum absolute atomic E-state index is 4.42. The number of pyridine rings is 2. The number of aromatic nitrogens is 2. The van der Waals surface area contributed by atoms with Crippen molar-refractivity contribution in [3.8, 4) is 0 Å². The molecule has 0 N–H and O–H groups in total. The van der Waals surface area contributed by atoms with E-state index < -0.39 is 0 Å². The van der Waals surface area contributed by atoms with Crippen LogP contribution in [-0.2, 0) is 13.0 Å². The maximum atomic E-state index is 4.42. The smallest absolute Gasteiger partial charge is 0.0592 e. The van der Waals surface area contributed by atoms with Gasteiger partial charge in [-0.3, -0.25) is 14.9 Å². The average Bonchev–Trinajstić information content (AvgIpc) is 2.84. The normalized spacial score (nSPS) is 18.1. The number of halogens is 1. The fraction of sp³-hybridized carbons (Fsp3) is 0.357. The van der Waals surface area contributed by atoms with E-state index in [9.17, 15) is 0 Å². The van der Waals surface area contributed by atoms with Crippen LogP contribution in [0.5, 0.6) is 0 Å². The summed E-state index contributed by atoms with van der Waals surface area (Å²) in [6.07, 6.45) is 11.5. The van der Waals surface area contributed by atoms with Crippen molar-refractivity contribution >= 4 is 27.3 Å². The minimum absolute atomic E-state index is 0.477. The first-order valence-corrected chi connectivity index (χ1v) is 12.9. The second-order valence-electron chi connectivity index (χ2n) is 9.48. The van der Waals surface area contributed by atoms with E-state index in [4.69, 9.17) is 0 Å². The molecule has 34 heavy (non-hydrogen) atoms. The lowest BCUT2D eigenvalue weighted by molar-refractivity contribution is 0.180. The van der Waals surface area contributed by atoms with Crippen LogP contribution in [-0.4, -0.2) is 47.6 Å². The molecular formula is C28H32BrN5. The second kappa shape index (κ2) is 10.3. The van der Waals surface area contributed by atoms with E-state index in [0.717, 1.165) is 42.8 Å². The zero-order chi connectivity index (χ0) is 23.5. The molecule has 0 spiro atoms. The first kappa shape index (κ1) is 23.1. The lowest BCUT2D eigenvalue weighted by atomic mass is 9.97. The molecule has 0 amide bonds. The number of piperidine rings is 1. The van der Waals surface area contributed by atoms with Crippen LogP contribution in [0, 0.1) is 6.92 Å². The van der Waals surface area contributed by atoms with Gasteiger partial charge >= 0.3 is 0 Å². The van der Waals surface area contributed by atoms with Gasteiger partial charge < -0.3 is 9.80 Å². The molecule has 2 aromatic heterocycles. The van der Waals surface area contributed by atoms with Crippen LogP contribution in [0.4, 0.5) is 11.4 Å². The van der Waals surface area contributed by atoms with Gasteiger partial charge in [-0.25, -0.2) is 0 Å². The van der Waals surface area contributed by atoms with E-state index in [1.54, 1.807) is 0 Å². The quantitative estimate of drug-likeness (QED) is 0.425. The van der Waals surface area contributed by atoms with Crippen molar-refractivity contribution in [2.75, 3.05) is 36.5 Å². The van der Waals surface area contributed by atoms with Crippen LogP contribution in [0.15, 0.2) is 77.3 Å². The molecule has 1 saturated heterocycles. The number of aryl methyl sites for hydroxylation is 1. The molecular weight excluding hydrogens is 486 g/mol. The molecule has 176 valence electrons. The van der Waals surface area contributed by atoms with E-state index in [0.29, 0.717) is 6.04 Å². The Hall–Kier alpha value is -2.70. The summed E-state index contributed by atoms with van der Waals surface area (Å²) in [5, 5.41) is 0. The fourth-order valence-corrected chi connectivity index (χ4v) is 5.84. The van der Waals surface area contributed by atoms with Crippen molar-refractivity contribution in [1.82, 2.24) is 14.9 Å². The van der Waals surface area contributed by atoms with Gasteiger partial charge in [-0.05, 0) is 83.1 Å². The Morgan fingerprint density at radius 3 is 2.82 bits per heavy atom. The number of anilines is 2. The summed E-state index contributed by atoms with van der Waals surface area (Å²) in [5.74, 6) is 0. The third-order valence-corrected chi connectivity index (χ3v) is 7.53. The molecule has 5 rings (SSSR count). The second-order valence-corrected chi connectivity index (χ2v) is 10.3. The molecule has 3 aromatic rings. The summed E-state index contributed by atoms with van der Waals surface area (Å²) < 4.78 is 1.07. The molecule has 2 aliphatic heterocycles. The van der Waals surface area contributed by atoms with Crippen molar-refractivity contribution < 1.29 is 0 Å². The van der Waals surface area contributed by atoms with Crippen molar-refractivity contribution in [1.29, 1.82) is 0 Å². The lowest BCUT2D eigenvalue weighted by Crippen LogP contribution is -2.48. The monoisotopic (exact) mass is 517 g/mol. The molecule has 6 heteroatoms. The molecule has 0 radical (unpaired) electrons. The van der Waals surface area contributed by atoms with Gasteiger partial charge in [-0.1, -0.05) is 18.2 Å². The van der Waals surface area contributed by atoms with Crippen LogP contribution in [0.3, 0.4) is 0 Å². The highest BCUT2D eigenvalue weighted by Gasteiger charge is 2.28. The topological polar surface area (TPSA) is 35.5 Å². The van der Waals surface area contributed by atoms with Gasteiger partial charge in [-0.2, -0.15) is 0 Å². The fourth-order valence-electron chi connectivity index (χ4n) is 5.34. The highest BCUT2D eigenvalue weighted by atomic mass is 79.9. The van der Waals surface area contributed by atoms with Gasteiger partial charge in [0, 0.05) is 75.4 Å². The molecule has 1 aromatic carbocycles. The van der Waals surface area contributed by atoms with Gasteiger partial charge in [0.25, 0.3) is 0 Å². The lowest BCUT2D eigenvalue weighted by Gasteiger charge is -2.41. The van der Waals surface area contributed by atoms with E-state index in [1.165, 1.54) is 40.9 Å². The van der Waals surface area contributed by atoms with Crippen molar-refractivity contribution in [3.63, 3.8) is 0 Å². The maximum Gasteiger partial charge on any atom is 0.0592 e. The van der Waals surface area contributed by atoms with Crippen LogP contribution in [0.2, 0.25) is 0 Å². The Kier molecular flexibility index (Phi) is 6.97. The number of para-hydroxylation sites is 1. The molecule has 5 nitrogen and oxygen atoms in total. The number of nitrogens with zero attached hydrogens (tertiary/aromatic N) is 5. The van der Waals surface area contributed by atoms with Gasteiger partial charge in [-0.15, -0.1) is 0 Å². The molecule has 1 fully saturated rings. The highest BCUT2D eigenvalue weighted by molar-refractivity contribution is 9.10. The minimum Gasteiger partial charge on any atom is -0.369 e. The van der Waals surface area contributed by atoms with Crippen molar-refractivity contribution in [2.24, 2.45) is 0 Å². The third kappa shape index (κ3) is 5.18. The average molecular weight is 519 g/mol. The molecule has 0 saturated carbocycles. The third-order valence-electron chi connectivity index (χ3n) is 6.92. The SMILES string of the molecule is Cc1cc(CN(CC2=CN(C)c3ccccc3C2)[C@H]2CCCN(c3ccncc3Br)C2)ccn1. The Labute approximate surface area is 211 Å².